The molecule has 0 aliphatic heterocycles. The second kappa shape index (κ2) is 7.62. The maximum Gasteiger partial charge on any atom is 0.410 e. The Morgan fingerprint density at radius 2 is 1.89 bits per heavy atom. The van der Waals surface area contributed by atoms with E-state index in [9.17, 15) is 4.79 Å². The Kier molecular flexibility index (Phi) is 7.29. The van der Waals surface area contributed by atoms with Crippen molar-refractivity contribution in [1.29, 1.82) is 0 Å². The van der Waals surface area contributed by atoms with Crippen LogP contribution in [0.3, 0.4) is 0 Å². The van der Waals surface area contributed by atoms with Crippen LogP contribution in [0.4, 0.5) is 4.79 Å². The zero-order valence-electron chi connectivity index (χ0n) is 13.0. The molecule has 0 aromatic rings. The minimum atomic E-state index is -0.427. The van der Waals surface area contributed by atoms with E-state index in [0.29, 0.717) is 18.5 Å². The Labute approximate surface area is 112 Å². The lowest BCUT2D eigenvalue weighted by Gasteiger charge is -2.27. The smallest absolute Gasteiger partial charge is 0.410 e. The number of amides is 1. The molecule has 0 spiro atoms. The summed E-state index contributed by atoms with van der Waals surface area (Å²) in [5, 5.41) is 3.45. The van der Waals surface area contributed by atoms with Gasteiger partial charge in [0.05, 0.1) is 0 Å². The van der Waals surface area contributed by atoms with Crippen LogP contribution in [-0.2, 0) is 4.74 Å². The third kappa shape index (κ3) is 8.34. The molecule has 0 rings (SSSR count). The third-order valence-electron chi connectivity index (χ3n) is 2.72. The molecule has 0 heterocycles. The van der Waals surface area contributed by atoms with Gasteiger partial charge in [0.2, 0.25) is 0 Å². The fraction of sp³-hybridized carbons (Fsp3) is 0.929. The Hall–Kier alpha value is -0.770. The second-order valence-corrected chi connectivity index (χ2v) is 6.18. The quantitative estimate of drug-likeness (QED) is 0.796. The van der Waals surface area contributed by atoms with E-state index in [4.69, 9.17) is 4.74 Å². The number of nitrogens with one attached hydrogen (secondary N) is 1. The molecule has 1 amide bonds. The van der Waals surface area contributed by atoms with Gasteiger partial charge < -0.3 is 15.0 Å². The molecule has 4 nitrogen and oxygen atoms in total. The monoisotopic (exact) mass is 258 g/mol. The highest BCUT2D eigenvalue weighted by molar-refractivity contribution is 5.67. The zero-order chi connectivity index (χ0) is 14.3. The van der Waals surface area contributed by atoms with E-state index in [1.165, 1.54) is 0 Å². The predicted molar refractivity (Wildman–Crippen MR) is 75.8 cm³/mol. The predicted octanol–water partition coefficient (Wildman–Crippen LogP) is 2.88. The molecule has 1 N–H and O–H groups in total. The Morgan fingerprint density at radius 3 is 2.33 bits per heavy atom. The molecule has 0 aliphatic rings. The van der Waals surface area contributed by atoms with Crippen molar-refractivity contribution >= 4 is 6.09 Å². The molecule has 0 aliphatic carbocycles. The van der Waals surface area contributed by atoms with E-state index in [1.54, 1.807) is 11.9 Å². The maximum absolute atomic E-state index is 11.8. The lowest BCUT2D eigenvalue weighted by molar-refractivity contribution is 0.0276. The molecule has 0 saturated carbocycles. The van der Waals surface area contributed by atoms with Crippen LogP contribution in [0.1, 0.15) is 48.0 Å². The van der Waals surface area contributed by atoms with Crippen LogP contribution in [-0.4, -0.2) is 42.8 Å². The molecule has 0 saturated heterocycles. The Morgan fingerprint density at radius 1 is 1.33 bits per heavy atom. The van der Waals surface area contributed by atoms with Crippen LogP contribution in [0.25, 0.3) is 0 Å². The standard InChI is InChI=1S/C14H30N2O2/c1-8-12(3)15-9-11(2)10-16(7)13(17)18-14(4,5)6/h11-12,15H,8-10H2,1-7H3. The summed E-state index contributed by atoms with van der Waals surface area (Å²) in [5.74, 6) is 0.413. The van der Waals surface area contributed by atoms with Crippen molar-refractivity contribution in [1.82, 2.24) is 10.2 Å². The summed E-state index contributed by atoms with van der Waals surface area (Å²) in [4.78, 5) is 13.4. The van der Waals surface area contributed by atoms with Gasteiger partial charge in [0.25, 0.3) is 0 Å². The van der Waals surface area contributed by atoms with Crippen molar-refractivity contribution in [2.24, 2.45) is 5.92 Å². The molecule has 4 heteroatoms. The van der Waals surface area contributed by atoms with Crippen molar-refractivity contribution in [3.8, 4) is 0 Å². The van der Waals surface area contributed by atoms with Crippen molar-refractivity contribution in [2.45, 2.75) is 59.6 Å². The summed E-state index contributed by atoms with van der Waals surface area (Å²) in [6.45, 7) is 13.7. The molecule has 0 radical (unpaired) electrons. The maximum atomic E-state index is 11.8. The van der Waals surface area contributed by atoms with Gasteiger partial charge >= 0.3 is 6.09 Å². The van der Waals surface area contributed by atoms with Crippen LogP contribution in [0.5, 0.6) is 0 Å². The zero-order valence-corrected chi connectivity index (χ0v) is 13.0. The van der Waals surface area contributed by atoms with Gasteiger partial charge in [0, 0.05) is 19.6 Å². The van der Waals surface area contributed by atoms with E-state index >= 15 is 0 Å². The van der Waals surface area contributed by atoms with Crippen molar-refractivity contribution in [3.05, 3.63) is 0 Å². The van der Waals surface area contributed by atoms with Gasteiger partial charge in [-0.25, -0.2) is 4.79 Å². The minimum absolute atomic E-state index is 0.252. The summed E-state index contributed by atoms with van der Waals surface area (Å²) in [7, 11) is 1.79. The first-order valence-electron chi connectivity index (χ1n) is 6.83. The molecule has 0 aromatic heterocycles. The molecule has 108 valence electrons. The molecular weight excluding hydrogens is 228 g/mol. The minimum Gasteiger partial charge on any atom is -0.444 e. The lowest BCUT2D eigenvalue weighted by atomic mass is 10.1. The summed E-state index contributed by atoms with van der Waals surface area (Å²) in [6.07, 6.45) is 0.868. The largest absolute Gasteiger partial charge is 0.444 e. The van der Waals surface area contributed by atoms with Crippen molar-refractivity contribution in [3.63, 3.8) is 0 Å². The number of rotatable bonds is 6. The average Bonchev–Trinajstić information content (AvgIpc) is 2.23. The summed E-state index contributed by atoms with van der Waals surface area (Å²) in [6, 6.07) is 0.527. The SMILES string of the molecule is CCC(C)NCC(C)CN(C)C(=O)OC(C)(C)C. The topological polar surface area (TPSA) is 41.6 Å². The summed E-state index contributed by atoms with van der Waals surface area (Å²) in [5.41, 5.74) is -0.427. The van der Waals surface area contributed by atoms with E-state index in [2.05, 4.69) is 26.1 Å². The highest BCUT2D eigenvalue weighted by Crippen LogP contribution is 2.10. The Balaban J connectivity index is 3.99. The molecule has 2 atom stereocenters. The van der Waals surface area contributed by atoms with E-state index in [1.807, 2.05) is 20.8 Å². The van der Waals surface area contributed by atoms with Gasteiger partial charge in [-0.05, 0) is 46.6 Å². The van der Waals surface area contributed by atoms with Crippen LogP contribution < -0.4 is 5.32 Å². The highest BCUT2D eigenvalue weighted by Gasteiger charge is 2.20. The first kappa shape index (κ1) is 17.2. The first-order chi connectivity index (χ1) is 8.15. The molecule has 18 heavy (non-hydrogen) atoms. The molecule has 0 aromatic carbocycles. The highest BCUT2D eigenvalue weighted by atomic mass is 16.6. The van der Waals surface area contributed by atoms with E-state index in [-0.39, 0.29) is 6.09 Å². The van der Waals surface area contributed by atoms with Gasteiger partial charge in [-0.1, -0.05) is 13.8 Å². The van der Waals surface area contributed by atoms with Gasteiger partial charge in [0.1, 0.15) is 5.60 Å². The normalized spacial score (nSPS) is 15.1. The number of carbonyl (C=O) groups is 1. The van der Waals surface area contributed by atoms with Crippen LogP contribution in [0, 0.1) is 5.92 Å². The number of nitrogens with zero attached hydrogens (tertiary/aromatic N) is 1. The van der Waals surface area contributed by atoms with E-state index in [0.717, 1.165) is 13.0 Å². The van der Waals surface area contributed by atoms with Gasteiger partial charge in [-0.2, -0.15) is 0 Å². The number of hydrogen-bond donors (Lipinski definition) is 1. The van der Waals surface area contributed by atoms with E-state index < -0.39 is 5.60 Å². The first-order valence-corrected chi connectivity index (χ1v) is 6.83. The molecule has 2 unspecified atom stereocenters. The van der Waals surface area contributed by atoms with Crippen molar-refractivity contribution < 1.29 is 9.53 Å². The van der Waals surface area contributed by atoms with Crippen LogP contribution in [0.15, 0.2) is 0 Å². The van der Waals surface area contributed by atoms with Crippen molar-refractivity contribution in [2.75, 3.05) is 20.1 Å². The van der Waals surface area contributed by atoms with Crippen LogP contribution >= 0.6 is 0 Å². The van der Waals surface area contributed by atoms with Gasteiger partial charge in [-0.3, -0.25) is 0 Å². The van der Waals surface area contributed by atoms with Crippen LogP contribution in [0.2, 0.25) is 0 Å². The van der Waals surface area contributed by atoms with Gasteiger partial charge in [-0.15, -0.1) is 0 Å². The molecule has 0 fully saturated rings. The van der Waals surface area contributed by atoms with Gasteiger partial charge in [0.15, 0.2) is 0 Å². The average molecular weight is 258 g/mol. The lowest BCUT2D eigenvalue weighted by Crippen LogP contribution is -2.39. The molecular formula is C14H30N2O2. The summed E-state index contributed by atoms with van der Waals surface area (Å²) < 4.78 is 5.31. The second-order valence-electron chi connectivity index (χ2n) is 6.18. The number of carbonyl (C=O) groups excluding carboxylic acids is 1. The fourth-order valence-electron chi connectivity index (χ4n) is 1.49. The molecule has 0 bridgehead atoms. The summed E-state index contributed by atoms with van der Waals surface area (Å²) >= 11 is 0. The fourth-order valence-corrected chi connectivity index (χ4v) is 1.49. The number of hydrogen-bond acceptors (Lipinski definition) is 3. The number of ether oxygens (including phenoxy) is 1. The third-order valence-corrected chi connectivity index (χ3v) is 2.72. The Bertz CT molecular complexity index is 249.